The molecule has 1 aromatic rings. The zero-order valence-corrected chi connectivity index (χ0v) is 16.4. The molecule has 0 saturated carbocycles. The predicted molar refractivity (Wildman–Crippen MR) is 105 cm³/mol. The predicted octanol–water partition coefficient (Wildman–Crippen LogP) is 2.80. The van der Waals surface area contributed by atoms with Crippen LogP contribution in [-0.2, 0) is 9.59 Å². The highest BCUT2D eigenvalue weighted by Crippen LogP contribution is 2.18. The molecule has 2 amide bonds. The largest absolute Gasteiger partial charge is 0.356 e. The molecule has 1 fully saturated rings. The number of benzene rings is 1. The molecular formula is C21H33N3O2. The Morgan fingerprint density at radius 2 is 1.85 bits per heavy atom. The second-order valence-corrected chi connectivity index (χ2v) is 7.60. The summed E-state index contributed by atoms with van der Waals surface area (Å²) in [7, 11) is 0. The average Bonchev–Trinajstić information content (AvgIpc) is 2.60. The number of likely N-dealkylation sites (tertiary alicyclic amines) is 1. The molecule has 1 aliphatic heterocycles. The lowest BCUT2D eigenvalue weighted by Crippen LogP contribution is -2.36. The molecule has 26 heavy (non-hydrogen) atoms. The third-order valence-electron chi connectivity index (χ3n) is 5.10. The van der Waals surface area contributed by atoms with Crippen LogP contribution in [-0.4, -0.2) is 42.9 Å². The Morgan fingerprint density at radius 3 is 2.46 bits per heavy atom. The molecule has 0 bridgehead atoms. The van der Waals surface area contributed by atoms with Gasteiger partial charge in [0, 0.05) is 13.5 Å². The van der Waals surface area contributed by atoms with Crippen molar-refractivity contribution in [1.29, 1.82) is 0 Å². The van der Waals surface area contributed by atoms with E-state index in [1.54, 1.807) is 0 Å². The zero-order chi connectivity index (χ0) is 18.9. The normalized spacial score (nSPS) is 16.9. The first-order valence-electron chi connectivity index (χ1n) is 9.76. The van der Waals surface area contributed by atoms with E-state index in [2.05, 4.69) is 22.5 Å². The second-order valence-electron chi connectivity index (χ2n) is 7.60. The Morgan fingerprint density at radius 1 is 1.19 bits per heavy atom. The SMILES string of the molecule is CC(=O)NC(CC(=O)NCCCN1CCC(C)CC1)c1ccc(C)cc1. The molecule has 5 heteroatoms. The maximum atomic E-state index is 12.3. The molecule has 1 unspecified atom stereocenters. The Kier molecular flexibility index (Phi) is 8.10. The van der Waals surface area contributed by atoms with Gasteiger partial charge in [-0.2, -0.15) is 0 Å². The van der Waals surface area contributed by atoms with Gasteiger partial charge < -0.3 is 15.5 Å². The monoisotopic (exact) mass is 359 g/mol. The summed E-state index contributed by atoms with van der Waals surface area (Å²) in [5, 5.41) is 5.88. The third kappa shape index (κ3) is 7.16. The number of aryl methyl sites for hydroxylation is 1. The summed E-state index contributed by atoms with van der Waals surface area (Å²) in [6, 6.07) is 7.67. The van der Waals surface area contributed by atoms with Crippen molar-refractivity contribution in [3.63, 3.8) is 0 Å². The molecule has 1 aliphatic rings. The van der Waals surface area contributed by atoms with Crippen LogP contribution in [0, 0.1) is 12.8 Å². The number of hydrogen-bond donors (Lipinski definition) is 2. The molecule has 1 saturated heterocycles. The van der Waals surface area contributed by atoms with E-state index in [0.717, 1.165) is 30.0 Å². The van der Waals surface area contributed by atoms with Crippen molar-refractivity contribution >= 4 is 11.8 Å². The highest BCUT2D eigenvalue weighted by atomic mass is 16.2. The summed E-state index contributed by atoms with van der Waals surface area (Å²) in [6.45, 7) is 9.90. The van der Waals surface area contributed by atoms with Gasteiger partial charge in [-0.1, -0.05) is 36.8 Å². The van der Waals surface area contributed by atoms with Gasteiger partial charge in [0.1, 0.15) is 0 Å². The van der Waals surface area contributed by atoms with Crippen LogP contribution in [0.25, 0.3) is 0 Å². The molecular weight excluding hydrogens is 326 g/mol. The van der Waals surface area contributed by atoms with Crippen molar-refractivity contribution < 1.29 is 9.59 Å². The summed E-state index contributed by atoms with van der Waals surface area (Å²) in [5.41, 5.74) is 2.12. The van der Waals surface area contributed by atoms with Crippen LogP contribution in [0.5, 0.6) is 0 Å². The molecule has 2 rings (SSSR count). The van der Waals surface area contributed by atoms with E-state index in [-0.39, 0.29) is 24.3 Å². The first kappa shape index (κ1) is 20.4. The van der Waals surface area contributed by atoms with Crippen molar-refractivity contribution in [2.75, 3.05) is 26.2 Å². The maximum absolute atomic E-state index is 12.3. The van der Waals surface area contributed by atoms with Gasteiger partial charge in [-0.05, 0) is 57.3 Å². The van der Waals surface area contributed by atoms with Crippen LogP contribution >= 0.6 is 0 Å². The highest BCUT2D eigenvalue weighted by molar-refractivity contribution is 5.79. The number of nitrogens with one attached hydrogen (secondary N) is 2. The van der Waals surface area contributed by atoms with Crippen molar-refractivity contribution in [1.82, 2.24) is 15.5 Å². The Bertz CT molecular complexity index is 577. The number of piperidine rings is 1. The summed E-state index contributed by atoms with van der Waals surface area (Å²) in [6.07, 6.45) is 3.79. The molecule has 2 N–H and O–H groups in total. The minimum atomic E-state index is -0.281. The van der Waals surface area contributed by atoms with Crippen LogP contribution in [0.3, 0.4) is 0 Å². The Balaban J connectivity index is 1.74. The van der Waals surface area contributed by atoms with Gasteiger partial charge >= 0.3 is 0 Å². The van der Waals surface area contributed by atoms with Gasteiger partial charge in [0.05, 0.1) is 12.5 Å². The standard InChI is InChI=1S/C21H33N3O2/c1-16-5-7-19(8-6-16)20(23-18(3)25)15-21(26)22-11-4-12-24-13-9-17(2)10-14-24/h5-8,17,20H,4,9-15H2,1-3H3,(H,22,26)(H,23,25). The van der Waals surface area contributed by atoms with E-state index >= 15 is 0 Å². The van der Waals surface area contributed by atoms with E-state index in [0.29, 0.717) is 6.54 Å². The fourth-order valence-corrected chi connectivity index (χ4v) is 3.37. The number of carbonyl (C=O) groups is 2. The molecule has 1 heterocycles. The summed E-state index contributed by atoms with van der Waals surface area (Å²) in [5.74, 6) is 0.706. The lowest BCUT2D eigenvalue weighted by Gasteiger charge is -2.30. The molecule has 1 aromatic carbocycles. The summed E-state index contributed by atoms with van der Waals surface area (Å²) < 4.78 is 0. The molecule has 5 nitrogen and oxygen atoms in total. The van der Waals surface area contributed by atoms with Gasteiger partial charge in [-0.25, -0.2) is 0 Å². The fraction of sp³-hybridized carbons (Fsp3) is 0.619. The van der Waals surface area contributed by atoms with Gasteiger partial charge in [-0.15, -0.1) is 0 Å². The highest BCUT2D eigenvalue weighted by Gasteiger charge is 2.17. The van der Waals surface area contributed by atoms with Crippen molar-refractivity contribution in [2.24, 2.45) is 5.92 Å². The third-order valence-corrected chi connectivity index (χ3v) is 5.10. The van der Waals surface area contributed by atoms with Crippen LogP contribution in [0.4, 0.5) is 0 Å². The molecule has 144 valence electrons. The summed E-state index contributed by atoms with van der Waals surface area (Å²) >= 11 is 0. The number of carbonyl (C=O) groups excluding carboxylic acids is 2. The van der Waals surface area contributed by atoms with Crippen LogP contribution < -0.4 is 10.6 Å². The van der Waals surface area contributed by atoms with Gasteiger partial charge in [0.2, 0.25) is 11.8 Å². The van der Waals surface area contributed by atoms with Crippen molar-refractivity contribution in [2.45, 2.75) is 52.5 Å². The van der Waals surface area contributed by atoms with E-state index < -0.39 is 0 Å². The lowest BCUT2D eigenvalue weighted by molar-refractivity contribution is -0.122. The van der Waals surface area contributed by atoms with E-state index in [9.17, 15) is 9.59 Å². The minimum Gasteiger partial charge on any atom is -0.356 e. The molecule has 0 aromatic heterocycles. The molecule has 0 aliphatic carbocycles. The quantitative estimate of drug-likeness (QED) is 0.702. The number of hydrogen-bond acceptors (Lipinski definition) is 3. The summed E-state index contributed by atoms with van der Waals surface area (Å²) in [4.78, 5) is 26.3. The topological polar surface area (TPSA) is 61.4 Å². The second kappa shape index (κ2) is 10.3. The number of rotatable bonds is 8. The van der Waals surface area contributed by atoms with Crippen molar-refractivity contribution in [3.8, 4) is 0 Å². The van der Waals surface area contributed by atoms with Gasteiger partial charge in [0.15, 0.2) is 0 Å². The minimum absolute atomic E-state index is 0.0170. The maximum Gasteiger partial charge on any atom is 0.222 e. The molecule has 0 spiro atoms. The zero-order valence-electron chi connectivity index (χ0n) is 16.4. The number of amides is 2. The smallest absolute Gasteiger partial charge is 0.222 e. The Hall–Kier alpha value is -1.88. The van der Waals surface area contributed by atoms with Gasteiger partial charge in [0.25, 0.3) is 0 Å². The van der Waals surface area contributed by atoms with Gasteiger partial charge in [-0.3, -0.25) is 9.59 Å². The van der Waals surface area contributed by atoms with E-state index in [1.165, 1.54) is 32.9 Å². The fourth-order valence-electron chi connectivity index (χ4n) is 3.37. The number of nitrogens with zero attached hydrogens (tertiary/aromatic N) is 1. The lowest BCUT2D eigenvalue weighted by atomic mass is 9.99. The molecule has 1 atom stereocenters. The van der Waals surface area contributed by atoms with E-state index in [4.69, 9.17) is 0 Å². The first-order chi connectivity index (χ1) is 12.4. The van der Waals surface area contributed by atoms with Crippen LogP contribution in [0.1, 0.15) is 56.7 Å². The Labute approximate surface area is 157 Å². The molecule has 0 radical (unpaired) electrons. The van der Waals surface area contributed by atoms with Crippen LogP contribution in [0.15, 0.2) is 24.3 Å². The van der Waals surface area contributed by atoms with E-state index in [1.807, 2.05) is 31.2 Å². The average molecular weight is 360 g/mol. The van der Waals surface area contributed by atoms with Crippen molar-refractivity contribution in [3.05, 3.63) is 35.4 Å². The van der Waals surface area contributed by atoms with Crippen LogP contribution in [0.2, 0.25) is 0 Å². The first-order valence-corrected chi connectivity index (χ1v) is 9.76.